The molecule has 0 bridgehead atoms. The van der Waals surface area contributed by atoms with Gasteiger partial charge in [-0.05, 0) is 25.7 Å². The molecule has 1 N–H and O–H groups in total. The van der Waals surface area contributed by atoms with Gasteiger partial charge < -0.3 is 28.8 Å². The predicted octanol–water partition coefficient (Wildman–Crippen LogP) is 3.43. The Hall–Kier alpha value is -1.70. The summed E-state index contributed by atoms with van der Waals surface area (Å²) in [5.41, 5.74) is 0.457. The number of hydrogen-bond donors (Lipinski definition) is 1. The Morgan fingerprint density at radius 1 is 1.22 bits per heavy atom. The van der Waals surface area contributed by atoms with Gasteiger partial charge in [0.15, 0.2) is 23.0 Å². The van der Waals surface area contributed by atoms with Crippen molar-refractivity contribution in [1.29, 1.82) is 0 Å². The molecular formula is C19H23ClO7. The van der Waals surface area contributed by atoms with Crippen LogP contribution >= 0.6 is 11.6 Å². The first-order valence-corrected chi connectivity index (χ1v) is 9.54. The van der Waals surface area contributed by atoms with Crippen molar-refractivity contribution in [3.63, 3.8) is 0 Å². The minimum absolute atomic E-state index is 0.000790. The Kier molecular flexibility index (Phi) is 4.86. The Bertz CT molecular complexity index is 747. The SMILES string of the molecule is COc1c(Cl)c2c(c(C)c1C(=O)O)O[C@@H](C1CCC3(CC1)OCCO3)CO2. The highest BCUT2D eigenvalue weighted by Gasteiger charge is 2.44. The van der Waals surface area contributed by atoms with Crippen molar-refractivity contribution in [2.24, 2.45) is 5.92 Å². The summed E-state index contributed by atoms with van der Waals surface area (Å²) < 4.78 is 28.9. The van der Waals surface area contributed by atoms with Crippen molar-refractivity contribution >= 4 is 17.6 Å². The minimum Gasteiger partial charge on any atom is -0.494 e. The minimum atomic E-state index is -1.12. The fourth-order valence-electron chi connectivity index (χ4n) is 4.31. The Balaban J connectivity index is 1.57. The van der Waals surface area contributed by atoms with Gasteiger partial charge in [-0.2, -0.15) is 0 Å². The van der Waals surface area contributed by atoms with Gasteiger partial charge in [-0.25, -0.2) is 4.79 Å². The van der Waals surface area contributed by atoms with E-state index in [4.69, 9.17) is 35.3 Å². The lowest BCUT2D eigenvalue weighted by atomic mass is 9.81. The summed E-state index contributed by atoms with van der Waals surface area (Å²) >= 11 is 6.34. The summed E-state index contributed by atoms with van der Waals surface area (Å²) in [6, 6.07) is 0. The van der Waals surface area contributed by atoms with Gasteiger partial charge in [0.25, 0.3) is 0 Å². The molecule has 1 aromatic carbocycles. The molecule has 2 aliphatic heterocycles. The Morgan fingerprint density at radius 3 is 2.48 bits per heavy atom. The highest BCUT2D eigenvalue weighted by atomic mass is 35.5. The number of hydrogen-bond acceptors (Lipinski definition) is 6. The Labute approximate surface area is 162 Å². The largest absolute Gasteiger partial charge is 0.494 e. The van der Waals surface area contributed by atoms with E-state index in [2.05, 4.69) is 0 Å². The van der Waals surface area contributed by atoms with Crippen molar-refractivity contribution in [3.05, 3.63) is 16.1 Å². The number of halogens is 1. The smallest absolute Gasteiger partial charge is 0.339 e. The standard InChI is InChI=1S/C19H23ClO7/c1-10-13(18(21)22)16(23-2)14(20)17-15(10)27-12(9-24-17)11-3-5-19(6-4-11)25-7-8-26-19/h11-12H,3-9H2,1-2H3,(H,21,22)/t12-/m1/s1. The molecular weight excluding hydrogens is 376 g/mol. The van der Waals surface area contributed by atoms with Crippen LogP contribution in [-0.4, -0.2) is 49.9 Å². The second-order valence-corrected chi connectivity index (χ2v) is 7.60. The highest BCUT2D eigenvalue weighted by molar-refractivity contribution is 6.34. The molecule has 1 atom stereocenters. The average molecular weight is 399 g/mol. The second kappa shape index (κ2) is 7.04. The average Bonchev–Trinajstić information content (AvgIpc) is 3.12. The normalized spacial score (nSPS) is 24.2. The molecule has 4 rings (SSSR count). The first-order chi connectivity index (χ1) is 13.0. The second-order valence-electron chi connectivity index (χ2n) is 7.22. The molecule has 1 aromatic rings. The van der Waals surface area contributed by atoms with Crippen molar-refractivity contribution < 1.29 is 33.6 Å². The molecule has 1 aliphatic carbocycles. The van der Waals surface area contributed by atoms with Gasteiger partial charge in [-0.15, -0.1) is 0 Å². The third kappa shape index (κ3) is 3.11. The highest BCUT2D eigenvalue weighted by Crippen LogP contribution is 2.50. The van der Waals surface area contributed by atoms with Crippen LogP contribution in [0.4, 0.5) is 0 Å². The van der Waals surface area contributed by atoms with Crippen LogP contribution in [0.2, 0.25) is 5.02 Å². The summed E-state index contributed by atoms with van der Waals surface area (Å²) in [5, 5.41) is 9.70. The lowest BCUT2D eigenvalue weighted by molar-refractivity contribution is -0.187. The number of rotatable bonds is 3. The van der Waals surface area contributed by atoms with E-state index in [0.29, 0.717) is 36.9 Å². The van der Waals surface area contributed by atoms with E-state index in [0.717, 1.165) is 25.7 Å². The van der Waals surface area contributed by atoms with Crippen molar-refractivity contribution in [3.8, 4) is 17.2 Å². The molecule has 8 heteroatoms. The van der Waals surface area contributed by atoms with Crippen LogP contribution in [-0.2, 0) is 9.47 Å². The number of carboxylic acids is 1. The quantitative estimate of drug-likeness (QED) is 0.834. The molecule has 7 nitrogen and oxygen atoms in total. The zero-order valence-electron chi connectivity index (χ0n) is 15.4. The maximum atomic E-state index is 11.7. The lowest BCUT2D eigenvalue weighted by Gasteiger charge is -2.40. The van der Waals surface area contributed by atoms with Crippen LogP contribution in [0.25, 0.3) is 0 Å². The third-order valence-electron chi connectivity index (χ3n) is 5.76. The number of ether oxygens (including phenoxy) is 5. The maximum absolute atomic E-state index is 11.7. The van der Waals surface area contributed by atoms with E-state index in [9.17, 15) is 9.90 Å². The van der Waals surface area contributed by atoms with Crippen LogP contribution in [0.3, 0.4) is 0 Å². The Morgan fingerprint density at radius 2 is 1.89 bits per heavy atom. The number of fused-ring (bicyclic) bond motifs is 1. The van der Waals surface area contributed by atoms with Gasteiger partial charge in [-0.3, -0.25) is 0 Å². The van der Waals surface area contributed by atoms with Crippen molar-refractivity contribution in [2.75, 3.05) is 26.9 Å². The van der Waals surface area contributed by atoms with Crippen molar-refractivity contribution in [2.45, 2.75) is 44.5 Å². The van der Waals surface area contributed by atoms with E-state index in [1.54, 1.807) is 6.92 Å². The van der Waals surface area contributed by atoms with Gasteiger partial charge in [0, 0.05) is 18.4 Å². The van der Waals surface area contributed by atoms with E-state index >= 15 is 0 Å². The van der Waals surface area contributed by atoms with Gasteiger partial charge in [-0.1, -0.05) is 11.6 Å². The van der Waals surface area contributed by atoms with Crippen LogP contribution in [0, 0.1) is 12.8 Å². The predicted molar refractivity (Wildman–Crippen MR) is 96.2 cm³/mol. The summed E-state index contributed by atoms with van der Waals surface area (Å²) in [6.07, 6.45) is 3.29. The fourth-order valence-corrected chi connectivity index (χ4v) is 4.62. The topological polar surface area (TPSA) is 83.5 Å². The number of aromatic carboxylic acids is 1. The molecule has 0 aromatic heterocycles. The van der Waals surface area contributed by atoms with Crippen molar-refractivity contribution in [1.82, 2.24) is 0 Å². The van der Waals surface area contributed by atoms with E-state index in [1.807, 2.05) is 0 Å². The van der Waals surface area contributed by atoms with E-state index in [1.165, 1.54) is 7.11 Å². The first-order valence-electron chi connectivity index (χ1n) is 9.16. The molecule has 1 spiro atoms. The van der Waals surface area contributed by atoms with Gasteiger partial charge >= 0.3 is 5.97 Å². The fraction of sp³-hybridized carbons (Fsp3) is 0.632. The van der Waals surface area contributed by atoms with Crippen LogP contribution in [0.15, 0.2) is 0 Å². The number of methoxy groups -OCH3 is 1. The van der Waals surface area contributed by atoms with E-state index < -0.39 is 11.8 Å². The summed E-state index contributed by atoms with van der Waals surface area (Å²) in [7, 11) is 1.39. The number of benzene rings is 1. The first kappa shape index (κ1) is 18.7. The molecule has 0 amide bonds. The van der Waals surface area contributed by atoms with Gasteiger partial charge in [0.05, 0.1) is 20.3 Å². The maximum Gasteiger partial charge on any atom is 0.339 e. The van der Waals surface area contributed by atoms with Gasteiger partial charge in [0.2, 0.25) is 0 Å². The lowest BCUT2D eigenvalue weighted by Crippen LogP contribution is -2.43. The molecule has 1 saturated carbocycles. The zero-order valence-corrected chi connectivity index (χ0v) is 16.1. The number of carbonyl (C=O) groups is 1. The number of carboxylic acid groups (broad SMARTS) is 1. The molecule has 2 fully saturated rings. The summed E-state index contributed by atoms with van der Waals surface area (Å²) in [6.45, 7) is 3.35. The summed E-state index contributed by atoms with van der Waals surface area (Å²) in [5.74, 6) is -0.421. The summed E-state index contributed by atoms with van der Waals surface area (Å²) in [4.78, 5) is 11.7. The van der Waals surface area contributed by atoms with Crippen LogP contribution in [0.1, 0.15) is 41.6 Å². The zero-order chi connectivity index (χ0) is 19.2. The molecule has 0 unspecified atom stereocenters. The molecule has 1 saturated heterocycles. The molecule has 27 heavy (non-hydrogen) atoms. The van der Waals surface area contributed by atoms with Crippen LogP contribution < -0.4 is 14.2 Å². The molecule has 3 aliphatic rings. The molecule has 0 radical (unpaired) electrons. The third-order valence-corrected chi connectivity index (χ3v) is 6.10. The molecule has 148 valence electrons. The monoisotopic (exact) mass is 398 g/mol. The molecule has 2 heterocycles. The van der Waals surface area contributed by atoms with Crippen LogP contribution in [0.5, 0.6) is 17.2 Å². The van der Waals surface area contributed by atoms with E-state index in [-0.39, 0.29) is 28.4 Å². The van der Waals surface area contributed by atoms with Gasteiger partial charge in [0.1, 0.15) is 23.3 Å².